The van der Waals surface area contributed by atoms with Gasteiger partial charge in [-0.05, 0) is 50.1 Å². The van der Waals surface area contributed by atoms with E-state index in [1.165, 1.54) is 12.1 Å². The molecule has 144 valence electrons. The van der Waals surface area contributed by atoms with Crippen molar-refractivity contribution in [1.82, 2.24) is 5.32 Å². The molecule has 2 aromatic carbocycles. The highest BCUT2D eigenvalue weighted by Crippen LogP contribution is 2.23. The van der Waals surface area contributed by atoms with E-state index in [1.807, 2.05) is 6.07 Å². The van der Waals surface area contributed by atoms with Gasteiger partial charge in [-0.3, -0.25) is 14.3 Å². The van der Waals surface area contributed by atoms with Crippen LogP contribution in [0, 0.1) is 13.8 Å². The summed E-state index contributed by atoms with van der Waals surface area (Å²) in [7, 11) is -3.89. The van der Waals surface area contributed by atoms with E-state index >= 15 is 0 Å². The molecule has 1 unspecified atom stereocenters. The second kappa shape index (κ2) is 8.22. The van der Waals surface area contributed by atoms with Gasteiger partial charge in [0, 0.05) is 6.04 Å². The number of carboxylic acids is 1. The van der Waals surface area contributed by atoms with Crippen molar-refractivity contribution in [1.29, 1.82) is 0 Å². The number of benzene rings is 2. The molecule has 1 amide bonds. The number of carbonyl (C=O) groups excluding carboxylic acids is 1. The molecule has 2 rings (SSSR count). The monoisotopic (exact) mass is 390 g/mol. The van der Waals surface area contributed by atoms with E-state index in [-0.39, 0.29) is 22.6 Å². The minimum absolute atomic E-state index is 0.114. The van der Waals surface area contributed by atoms with Crippen LogP contribution in [0.4, 0.5) is 5.69 Å². The van der Waals surface area contributed by atoms with Gasteiger partial charge < -0.3 is 10.4 Å². The first kappa shape index (κ1) is 20.4. The smallest absolute Gasteiger partial charge is 0.305 e. The number of para-hydroxylation sites is 1. The van der Waals surface area contributed by atoms with Gasteiger partial charge in [-0.15, -0.1) is 0 Å². The Kier molecular flexibility index (Phi) is 6.22. The summed E-state index contributed by atoms with van der Waals surface area (Å²) in [5, 5.41) is 11.4. The first-order chi connectivity index (χ1) is 12.6. The Morgan fingerprint density at radius 2 is 1.78 bits per heavy atom. The van der Waals surface area contributed by atoms with Crippen LogP contribution in [-0.4, -0.2) is 31.4 Å². The molecule has 0 spiro atoms. The van der Waals surface area contributed by atoms with Gasteiger partial charge >= 0.3 is 5.97 Å². The van der Waals surface area contributed by atoms with E-state index in [4.69, 9.17) is 5.11 Å². The van der Waals surface area contributed by atoms with Crippen LogP contribution >= 0.6 is 0 Å². The predicted octanol–water partition coefficient (Wildman–Crippen LogP) is 2.70. The van der Waals surface area contributed by atoms with Crippen LogP contribution < -0.4 is 10.0 Å². The summed E-state index contributed by atoms with van der Waals surface area (Å²) < 4.78 is 28.1. The maximum absolute atomic E-state index is 12.8. The lowest BCUT2D eigenvalue weighted by Crippen LogP contribution is -2.34. The fraction of sp³-hybridized carbons (Fsp3) is 0.263. The largest absolute Gasteiger partial charge is 0.481 e. The predicted molar refractivity (Wildman–Crippen MR) is 102 cm³/mol. The first-order valence-electron chi connectivity index (χ1n) is 8.32. The number of sulfonamides is 1. The van der Waals surface area contributed by atoms with Crippen LogP contribution in [-0.2, 0) is 14.8 Å². The molecule has 0 radical (unpaired) electrons. The van der Waals surface area contributed by atoms with Gasteiger partial charge in [-0.2, -0.15) is 0 Å². The van der Waals surface area contributed by atoms with Crippen molar-refractivity contribution >= 4 is 27.6 Å². The summed E-state index contributed by atoms with van der Waals surface area (Å²) in [6.45, 7) is 5.05. The molecule has 0 heterocycles. The molecule has 3 N–H and O–H groups in total. The maximum atomic E-state index is 12.8. The first-order valence-corrected chi connectivity index (χ1v) is 9.80. The molecule has 0 aliphatic heterocycles. The highest BCUT2D eigenvalue weighted by Gasteiger charge is 2.21. The zero-order valence-corrected chi connectivity index (χ0v) is 16.1. The van der Waals surface area contributed by atoms with Gasteiger partial charge in [0.25, 0.3) is 15.9 Å². The lowest BCUT2D eigenvalue weighted by Gasteiger charge is -2.16. The van der Waals surface area contributed by atoms with Crippen LogP contribution in [0.5, 0.6) is 0 Å². The molecule has 0 bridgehead atoms. The average molecular weight is 390 g/mol. The second-order valence-corrected chi connectivity index (χ2v) is 8.04. The molecule has 0 fully saturated rings. The van der Waals surface area contributed by atoms with Crippen LogP contribution in [0.3, 0.4) is 0 Å². The Bertz CT molecular complexity index is 970. The number of anilines is 1. The lowest BCUT2D eigenvalue weighted by molar-refractivity contribution is -0.137. The number of carbonyl (C=O) groups is 2. The van der Waals surface area contributed by atoms with Crippen molar-refractivity contribution in [2.45, 2.75) is 38.1 Å². The minimum atomic E-state index is -3.89. The van der Waals surface area contributed by atoms with Gasteiger partial charge in [0.05, 0.1) is 22.6 Å². The average Bonchev–Trinajstić information content (AvgIpc) is 2.56. The summed E-state index contributed by atoms with van der Waals surface area (Å²) in [5.74, 6) is -1.59. The molecule has 7 nitrogen and oxygen atoms in total. The number of aliphatic carboxylic acids is 1. The van der Waals surface area contributed by atoms with Gasteiger partial charge in [0.15, 0.2) is 0 Å². The van der Waals surface area contributed by atoms with Crippen molar-refractivity contribution in [3.63, 3.8) is 0 Å². The Morgan fingerprint density at radius 3 is 2.44 bits per heavy atom. The Labute approximate surface area is 158 Å². The van der Waals surface area contributed by atoms with Crippen molar-refractivity contribution in [3.8, 4) is 0 Å². The van der Waals surface area contributed by atoms with E-state index in [2.05, 4.69) is 10.0 Å². The van der Waals surface area contributed by atoms with Crippen LogP contribution in [0.15, 0.2) is 47.4 Å². The number of carboxylic acid groups (broad SMARTS) is 1. The van der Waals surface area contributed by atoms with Crippen molar-refractivity contribution in [2.75, 3.05) is 4.72 Å². The zero-order valence-electron chi connectivity index (χ0n) is 15.3. The number of rotatable bonds is 7. The van der Waals surface area contributed by atoms with E-state index in [0.717, 1.165) is 5.56 Å². The molecule has 0 saturated carbocycles. The molecular formula is C19H22N2O5S. The SMILES string of the molecule is Cc1ccc(C)c(S(=O)(=O)Nc2ccccc2C(=O)NC(C)CC(=O)O)c1. The zero-order chi connectivity index (χ0) is 20.2. The third kappa shape index (κ3) is 5.30. The maximum Gasteiger partial charge on any atom is 0.305 e. The Morgan fingerprint density at radius 1 is 1.11 bits per heavy atom. The molecule has 2 aromatic rings. The molecule has 1 atom stereocenters. The number of nitrogens with one attached hydrogen (secondary N) is 2. The third-order valence-electron chi connectivity index (χ3n) is 3.91. The molecule has 0 saturated heterocycles. The van der Waals surface area contributed by atoms with E-state index in [0.29, 0.717) is 5.56 Å². The summed E-state index contributed by atoms with van der Waals surface area (Å²) in [6, 6.07) is 10.7. The molecule has 27 heavy (non-hydrogen) atoms. The topological polar surface area (TPSA) is 113 Å². The van der Waals surface area contributed by atoms with Crippen molar-refractivity contribution in [3.05, 3.63) is 59.2 Å². The summed E-state index contributed by atoms with van der Waals surface area (Å²) >= 11 is 0. The molecule has 0 aliphatic rings. The third-order valence-corrected chi connectivity index (χ3v) is 5.41. The molecule has 0 aromatic heterocycles. The van der Waals surface area contributed by atoms with Crippen LogP contribution in [0.2, 0.25) is 0 Å². The van der Waals surface area contributed by atoms with Gasteiger partial charge in [0.1, 0.15) is 0 Å². The highest BCUT2D eigenvalue weighted by molar-refractivity contribution is 7.92. The van der Waals surface area contributed by atoms with Crippen molar-refractivity contribution in [2.24, 2.45) is 0 Å². The van der Waals surface area contributed by atoms with Crippen LogP contribution in [0.1, 0.15) is 34.8 Å². The van der Waals surface area contributed by atoms with Gasteiger partial charge in [0.2, 0.25) is 0 Å². The Hall–Kier alpha value is -2.87. The number of aryl methyl sites for hydroxylation is 2. The van der Waals surface area contributed by atoms with Gasteiger partial charge in [-0.1, -0.05) is 24.3 Å². The number of amides is 1. The summed E-state index contributed by atoms with van der Waals surface area (Å²) in [6.07, 6.45) is -0.234. The minimum Gasteiger partial charge on any atom is -0.481 e. The normalized spacial score (nSPS) is 12.3. The standard InChI is InChI=1S/C19H22N2O5S/c1-12-8-9-13(2)17(10-12)27(25,26)21-16-7-5-4-6-15(16)19(24)20-14(3)11-18(22)23/h4-10,14,21H,11H2,1-3H3,(H,20,24)(H,22,23). The van der Waals surface area contributed by atoms with E-state index in [9.17, 15) is 18.0 Å². The molecule has 0 aliphatic carbocycles. The number of hydrogen-bond acceptors (Lipinski definition) is 4. The number of hydrogen-bond donors (Lipinski definition) is 3. The fourth-order valence-corrected chi connectivity index (χ4v) is 3.99. The summed E-state index contributed by atoms with van der Waals surface area (Å²) in [4.78, 5) is 23.4. The summed E-state index contributed by atoms with van der Waals surface area (Å²) in [5.41, 5.74) is 1.63. The molecular weight excluding hydrogens is 368 g/mol. The highest BCUT2D eigenvalue weighted by atomic mass is 32.2. The Balaban J connectivity index is 2.31. The second-order valence-electron chi connectivity index (χ2n) is 6.39. The van der Waals surface area contributed by atoms with Gasteiger partial charge in [-0.25, -0.2) is 8.42 Å². The van der Waals surface area contributed by atoms with Crippen LogP contribution in [0.25, 0.3) is 0 Å². The quantitative estimate of drug-likeness (QED) is 0.673. The lowest BCUT2D eigenvalue weighted by atomic mass is 10.1. The fourth-order valence-electron chi connectivity index (χ4n) is 2.58. The molecule has 8 heteroatoms. The van der Waals surface area contributed by atoms with Crippen molar-refractivity contribution < 1.29 is 23.1 Å². The van der Waals surface area contributed by atoms with E-state index in [1.54, 1.807) is 45.0 Å². The van der Waals surface area contributed by atoms with E-state index < -0.39 is 27.9 Å².